The van der Waals surface area contributed by atoms with Crippen molar-refractivity contribution in [3.63, 3.8) is 0 Å². The van der Waals surface area contributed by atoms with Crippen LogP contribution in [0.1, 0.15) is 31.3 Å². The van der Waals surface area contributed by atoms with Crippen molar-refractivity contribution in [3.8, 4) is 0 Å². The van der Waals surface area contributed by atoms with Crippen molar-refractivity contribution in [2.75, 3.05) is 21.3 Å². The quantitative estimate of drug-likeness (QED) is 0.332. The van der Waals surface area contributed by atoms with Crippen LogP contribution in [-0.2, 0) is 4.74 Å². The third-order valence-electron chi connectivity index (χ3n) is 3.79. The van der Waals surface area contributed by atoms with Gasteiger partial charge in [0, 0.05) is 33.2 Å². The van der Waals surface area contributed by atoms with E-state index >= 15 is 0 Å². The van der Waals surface area contributed by atoms with E-state index in [0.717, 1.165) is 11.5 Å². The van der Waals surface area contributed by atoms with Gasteiger partial charge >= 0.3 is 6.09 Å². The van der Waals surface area contributed by atoms with E-state index in [-0.39, 0.29) is 11.6 Å². The Balaban J connectivity index is 1.57. The molecule has 4 N–H and O–H groups in total. The fourth-order valence-corrected chi connectivity index (χ4v) is 3.45. The molecule has 2 amide bonds. The molecule has 0 aliphatic heterocycles. The van der Waals surface area contributed by atoms with E-state index in [1.54, 1.807) is 68.6 Å². The molecule has 1 heterocycles. The molecule has 3 rings (SSSR count). The van der Waals surface area contributed by atoms with Crippen molar-refractivity contribution in [1.82, 2.24) is 9.59 Å². The van der Waals surface area contributed by atoms with Gasteiger partial charge in [0.05, 0.1) is 0 Å². The number of anilines is 4. The van der Waals surface area contributed by atoms with Crippen LogP contribution in [0.25, 0.3) is 0 Å². The second-order valence-corrected chi connectivity index (χ2v) is 9.21. The second kappa shape index (κ2) is 10.6. The molecule has 0 spiro atoms. The highest BCUT2D eigenvalue weighted by Crippen LogP contribution is 2.24. The Labute approximate surface area is 205 Å². The normalized spacial score (nSPS) is 10.8. The minimum Gasteiger partial charge on any atom is -0.444 e. The summed E-state index contributed by atoms with van der Waals surface area (Å²) in [6.07, 6.45) is -0.588. The number of benzene rings is 2. The van der Waals surface area contributed by atoms with E-state index in [0.29, 0.717) is 32.9 Å². The molecule has 9 nitrogen and oxygen atoms in total. The van der Waals surface area contributed by atoms with Crippen LogP contribution in [0.5, 0.6) is 0 Å². The predicted molar refractivity (Wildman–Crippen MR) is 135 cm³/mol. The minimum absolute atomic E-state index is 0.259. The highest BCUT2D eigenvalue weighted by molar-refractivity contribution is 7.80. The van der Waals surface area contributed by atoms with Gasteiger partial charge in [0.15, 0.2) is 10.8 Å². The highest BCUT2D eigenvalue weighted by atomic mass is 35.5. The summed E-state index contributed by atoms with van der Waals surface area (Å²) in [5.41, 5.74) is 1.98. The molecule has 0 fully saturated rings. The van der Waals surface area contributed by atoms with Crippen molar-refractivity contribution in [3.05, 3.63) is 58.6 Å². The third-order valence-corrected chi connectivity index (χ3v) is 4.72. The maximum absolute atomic E-state index is 12.0. The molecule has 0 bridgehead atoms. The molecule has 0 aliphatic rings. The van der Waals surface area contributed by atoms with Gasteiger partial charge in [0.1, 0.15) is 5.60 Å². The average Bonchev–Trinajstić information content (AvgIpc) is 3.22. The first-order valence-electron chi connectivity index (χ1n) is 9.64. The van der Waals surface area contributed by atoms with Crippen LogP contribution in [0.2, 0.25) is 5.02 Å². The Bertz CT molecular complexity index is 1150. The van der Waals surface area contributed by atoms with Crippen LogP contribution >= 0.6 is 35.4 Å². The maximum Gasteiger partial charge on any atom is 0.412 e. The standard InChI is InChI=1S/C21H21ClN6O3S2/c1-21(2,3)31-20(30)26-16-9-12(22)8-15(10-16)25-19(32)24-14-6-4-13(5-7-14)23-18(29)17-11-33-28-27-17/h4-11H,1-3H3,(H,23,29)(H,26,30)(H2,24,25,32). The number of nitrogens with one attached hydrogen (secondary N) is 4. The number of amides is 2. The fraction of sp³-hybridized carbons (Fsp3) is 0.190. The monoisotopic (exact) mass is 504 g/mol. The number of hydrogen-bond donors (Lipinski definition) is 4. The molecule has 172 valence electrons. The van der Waals surface area contributed by atoms with Crippen LogP contribution < -0.4 is 21.3 Å². The largest absolute Gasteiger partial charge is 0.444 e. The third kappa shape index (κ3) is 7.97. The molecule has 0 saturated carbocycles. The number of hydrogen-bond acceptors (Lipinski definition) is 7. The molecule has 12 heteroatoms. The molecule has 3 aromatic rings. The number of halogens is 1. The first kappa shape index (κ1) is 24.4. The van der Waals surface area contributed by atoms with Gasteiger partial charge < -0.3 is 20.7 Å². The Morgan fingerprint density at radius 3 is 2.09 bits per heavy atom. The summed E-state index contributed by atoms with van der Waals surface area (Å²) in [7, 11) is 0. The number of carbonyl (C=O) groups is 2. The number of nitrogens with zero attached hydrogens (tertiary/aromatic N) is 2. The van der Waals surface area contributed by atoms with E-state index in [9.17, 15) is 9.59 Å². The first-order valence-corrected chi connectivity index (χ1v) is 11.3. The zero-order chi connectivity index (χ0) is 24.0. The van der Waals surface area contributed by atoms with Crippen LogP contribution in [-0.4, -0.2) is 32.3 Å². The summed E-state index contributed by atoms with van der Waals surface area (Å²) in [6, 6.07) is 11.9. The molecule has 33 heavy (non-hydrogen) atoms. The average molecular weight is 505 g/mol. The summed E-state index contributed by atoms with van der Waals surface area (Å²) < 4.78 is 8.92. The Morgan fingerprint density at radius 1 is 0.939 bits per heavy atom. The van der Waals surface area contributed by atoms with Crippen LogP contribution in [0, 0.1) is 0 Å². The summed E-state index contributed by atoms with van der Waals surface area (Å²) in [6.45, 7) is 5.33. The van der Waals surface area contributed by atoms with E-state index in [1.165, 1.54) is 0 Å². The van der Waals surface area contributed by atoms with Gasteiger partial charge in [-0.3, -0.25) is 10.1 Å². The number of aromatic nitrogens is 2. The zero-order valence-electron chi connectivity index (χ0n) is 17.9. The van der Waals surface area contributed by atoms with Crippen molar-refractivity contribution in [2.24, 2.45) is 0 Å². The van der Waals surface area contributed by atoms with Crippen molar-refractivity contribution in [1.29, 1.82) is 0 Å². The molecular formula is C21H21ClN6O3S2. The summed E-state index contributed by atoms with van der Waals surface area (Å²) in [5, 5.41) is 17.5. The maximum atomic E-state index is 12.0. The molecule has 2 aromatic carbocycles. The molecular weight excluding hydrogens is 484 g/mol. The molecule has 0 radical (unpaired) electrons. The second-order valence-electron chi connectivity index (χ2n) is 7.76. The topological polar surface area (TPSA) is 117 Å². The zero-order valence-corrected chi connectivity index (χ0v) is 20.3. The van der Waals surface area contributed by atoms with Crippen LogP contribution in [0.4, 0.5) is 27.5 Å². The SMILES string of the molecule is CC(C)(C)OC(=O)Nc1cc(Cl)cc(NC(=S)Nc2ccc(NC(=O)c3csnn3)cc2)c1. The van der Waals surface area contributed by atoms with Gasteiger partial charge in [-0.2, -0.15) is 0 Å². The van der Waals surface area contributed by atoms with Crippen molar-refractivity contribution in [2.45, 2.75) is 26.4 Å². The lowest BCUT2D eigenvalue weighted by atomic mass is 10.2. The molecule has 1 aromatic heterocycles. The lowest BCUT2D eigenvalue weighted by Crippen LogP contribution is -2.27. The molecule has 0 saturated heterocycles. The number of thiocarbonyl (C=S) groups is 1. The van der Waals surface area contributed by atoms with E-state index in [4.69, 9.17) is 28.6 Å². The van der Waals surface area contributed by atoms with Gasteiger partial charge in [-0.05, 0) is 87.0 Å². The molecule has 0 atom stereocenters. The van der Waals surface area contributed by atoms with Gasteiger partial charge in [-0.1, -0.05) is 16.1 Å². The number of ether oxygens (including phenoxy) is 1. The Hall–Kier alpha value is -3.28. The van der Waals surface area contributed by atoms with Gasteiger partial charge in [-0.15, -0.1) is 5.10 Å². The van der Waals surface area contributed by atoms with Gasteiger partial charge in [0.25, 0.3) is 5.91 Å². The first-order chi connectivity index (χ1) is 15.6. The van der Waals surface area contributed by atoms with Gasteiger partial charge in [-0.25, -0.2) is 4.79 Å². The summed E-state index contributed by atoms with van der Waals surface area (Å²) >= 11 is 12.6. The predicted octanol–water partition coefficient (Wildman–Crippen LogP) is 5.60. The van der Waals surface area contributed by atoms with E-state index < -0.39 is 11.7 Å². The molecule has 0 aliphatic carbocycles. The number of rotatable bonds is 5. The minimum atomic E-state index is -0.619. The van der Waals surface area contributed by atoms with Crippen LogP contribution in [0.3, 0.4) is 0 Å². The fourth-order valence-electron chi connectivity index (χ4n) is 2.54. The van der Waals surface area contributed by atoms with E-state index in [2.05, 4.69) is 30.9 Å². The summed E-state index contributed by atoms with van der Waals surface area (Å²) in [5.74, 6) is -0.335. The molecule has 0 unspecified atom stereocenters. The number of carbonyl (C=O) groups excluding carboxylic acids is 2. The Morgan fingerprint density at radius 2 is 1.52 bits per heavy atom. The van der Waals surface area contributed by atoms with Crippen molar-refractivity contribution >= 4 is 75.2 Å². The van der Waals surface area contributed by atoms with E-state index in [1.807, 2.05) is 0 Å². The lowest BCUT2D eigenvalue weighted by molar-refractivity contribution is 0.0635. The van der Waals surface area contributed by atoms with Gasteiger partial charge in [0.2, 0.25) is 0 Å². The smallest absolute Gasteiger partial charge is 0.412 e. The summed E-state index contributed by atoms with van der Waals surface area (Å²) in [4.78, 5) is 24.0. The Kier molecular flexibility index (Phi) is 7.79. The van der Waals surface area contributed by atoms with Crippen molar-refractivity contribution < 1.29 is 14.3 Å². The highest BCUT2D eigenvalue weighted by Gasteiger charge is 2.16. The lowest BCUT2D eigenvalue weighted by Gasteiger charge is -2.20. The van der Waals surface area contributed by atoms with Crippen LogP contribution in [0.15, 0.2) is 47.8 Å².